The SMILES string of the molecule is CSc1nc2nc(C)c(CC(=O)OC(C)C(=O)NC(C)c3ccc(F)cc3)c(C)n2n1. The summed E-state index contributed by atoms with van der Waals surface area (Å²) in [4.78, 5) is 33.7. The average molecular weight is 446 g/mol. The Hall–Kier alpha value is -3.01. The molecule has 1 N–H and O–H groups in total. The number of rotatable bonds is 7. The summed E-state index contributed by atoms with van der Waals surface area (Å²) in [7, 11) is 0. The third kappa shape index (κ3) is 5.19. The Bertz CT molecular complexity index is 1120. The van der Waals surface area contributed by atoms with E-state index in [-0.39, 0.29) is 18.3 Å². The Morgan fingerprint density at radius 2 is 1.87 bits per heavy atom. The van der Waals surface area contributed by atoms with Crippen LogP contribution in [-0.4, -0.2) is 43.8 Å². The first kappa shape index (κ1) is 22.7. The van der Waals surface area contributed by atoms with Gasteiger partial charge in [-0.1, -0.05) is 23.9 Å². The number of nitrogens with zero attached hydrogens (tertiary/aromatic N) is 4. The van der Waals surface area contributed by atoms with Gasteiger partial charge in [-0.25, -0.2) is 13.9 Å². The third-order valence-corrected chi connectivity index (χ3v) is 5.48. The van der Waals surface area contributed by atoms with Gasteiger partial charge in [-0.3, -0.25) is 9.59 Å². The second-order valence-corrected chi connectivity index (χ2v) is 7.94. The number of ether oxygens (including phenoxy) is 1. The fraction of sp³-hybridized carbons (Fsp3) is 0.381. The highest BCUT2D eigenvalue weighted by Gasteiger charge is 2.22. The molecule has 0 aliphatic heterocycles. The maximum Gasteiger partial charge on any atom is 0.311 e. The number of thioether (sulfide) groups is 1. The molecule has 0 bridgehead atoms. The molecule has 0 saturated carbocycles. The van der Waals surface area contributed by atoms with E-state index in [0.717, 1.165) is 11.3 Å². The molecule has 31 heavy (non-hydrogen) atoms. The number of hydrogen-bond acceptors (Lipinski definition) is 7. The van der Waals surface area contributed by atoms with E-state index in [1.165, 1.54) is 30.8 Å². The highest BCUT2D eigenvalue weighted by atomic mass is 32.2. The highest BCUT2D eigenvalue weighted by Crippen LogP contribution is 2.18. The van der Waals surface area contributed by atoms with Gasteiger partial charge in [0.05, 0.1) is 12.5 Å². The second-order valence-electron chi connectivity index (χ2n) is 7.16. The topological polar surface area (TPSA) is 98.5 Å². The van der Waals surface area contributed by atoms with Crippen molar-refractivity contribution < 1.29 is 18.7 Å². The average Bonchev–Trinajstić information content (AvgIpc) is 3.14. The molecular weight excluding hydrogens is 421 g/mol. The molecule has 2 heterocycles. The van der Waals surface area contributed by atoms with Crippen LogP contribution in [0.5, 0.6) is 0 Å². The van der Waals surface area contributed by atoms with Crippen LogP contribution in [0.4, 0.5) is 4.39 Å². The number of hydrogen-bond donors (Lipinski definition) is 1. The van der Waals surface area contributed by atoms with E-state index < -0.39 is 18.0 Å². The number of nitrogens with one attached hydrogen (secondary N) is 1. The van der Waals surface area contributed by atoms with E-state index in [2.05, 4.69) is 20.4 Å². The Kier molecular flexibility index (Phi) is 6.89. The predicted molar refractivity (Wildman–Crippen MR) is 114 cm³/mol. The fourth-order valence-electron chi connectivity index (χ4n) is 3.13. The molecule has 3 aromatic rings. The van der Waals surface area contributed by atoms with Gasteiger partial charge >= 0.3 is 5.97 Å². The van der Waals surface area contributed by atoms with E-state index >= 15 is 0 Å². The van der Waals surface area contributed by atoms with Gasteiger partial charge in [-0.15, -0.1) is 5.10 Å². The van der Waals surface area contributed by atoms with E-state index in [1.807, 2.05) is 13.2 Å². The molecule has 1 aromatic carbocycles. The number of carbonyl (C=O) groups excluding carboxylic acids is 2. The number of amides is 1. The van der Waals surface area contributed by atoms with Crippen LogP contribution in [0.3, 0.4) is 0 Å². The quantitative estimate of drug-likeness (QED) is 0.441. The lowest BCUT2D eigenvalue weighted by Crippen LogP contribution is -2.37. The molecule has 8 nitrogen and oxygen atoms in total. The highest BCUT2D eigenvalue weighted by molar-refractivity contribution is 7.98. The Morgan fingerprint density at radius 3 is 2.52 bits per heavy atom. The summed E-state index contributed by atoms with van der Waals surface area (Å²) in [5.74, 6) is -0.861. The Labute approximate surface area is 183 Å². The smallest absolute Gasteiger partial charge is 0.311 e. The summed E-state index contributed by atoms with van der Waals surface area (Å²) < 4.78 is 20.0. The number of halogens is 1. The molecule has 0 radical (unpaired) electrons. The van der Waals surface area contributed by atoms with Gasteiger partial charge in [-0.05, 0) is 51.6 Å². The van der Waals surface area contributed by atoms with Crippen molar-refractivity contribution >= 4 is 29.4 Å². The monoisotopic (exact) mass is 445 g/mol. The molecule has 2 unspecified atom stereocenters. The lowest BCUT2D eigenvalue weighted by atomic mass is 10.1. The van der Waals surface area contributed by atoms with Crippen LogP contribution < -0.4 is 5.32 Å². The minimum Gasteiger partial charge on any atom is -0.452 e. The molecule has 0 saturated heterocycles. The Balaban J connectivity index is 1.64. The zero-order valence-electron chi connectivity index (χ0n) is 18.0. The van der Waals surface area contributed by atoms with Crippen LogP contribution >= 0.6 is 11.8 Å². The molecule has 164 valence electrons. The molecule has 2 aromatic heterocycles. The van der Waals surface area contributed by atoms with Gasteiger partial charge in [0.15, 0.2) is 6.10 Å². The minimum absolute atomic E-state index is 0.0415. The van der Waals surface area contributed by atoms with Crippen LogP contribution in [0.1, 0.15) is 42.4 Å². The lowest BCUT2D eigenvalue weighted by Gasteiger charge is -2.18. The summed E-state index contributed by atoms with van der Waals surface area (Å²) in [6.45, 7) is 6.91. The van der Waals surface area contributed by atoms with Crippen LogP contribution in [0.15, 0.2) is 29.4 Å². The number of fused-ring (bicyclic) bond motifs is 1. The maximum absolute atomic E-state index is 13.1. The number of aryl methyl sites for hydroxylation is 2. The predicted octanol–water partition coefficient (Wildman–Crippen LogP) is 2.95. The second kappa shape index (κ2) is 9.42. The van der Waals surface area contributed by atoms with Gasteiger partial charge < -0.3 is 10.1 Å². The maximum atomic E-state index is 13.1. The van der Waals surface area contributed by atoms with Crippen molar-refractivity contribution in [1.82, 2.24) is 24.9 Å². The van der Waals surface area contributed by atoms with Gasteiger partial charge in [0.2, 0.25) is 5.16 Å². The van der Waals surface area contributed by atoms with E-state index in [9.17, 15) is 14.0 Å². The van der Waals surface area contributed by atoms with E-state index in [0.29, 0.717) is 22.2 Å². The molecule has 0 spiro atoms. The molecule has 1 amide bonds. The number of esters is 1. The molecule has 3 rings (SSSR count). The standard InChI is InChI=1S/C21H24FN5O3S/c1-11(15-6-8-16(22)9-7-15)23-19(29)14(4)30-18(28)10-17-12(2)24-20-25-21(31-5)26-27(20)13(17)3/h6-9,11,14H,10H2,1-5H3,(H,23,29). The van der Waals surface area contributed by atoms with Gasteiger partial charge in [-0.2, -0.15) is 4.98 Å². The van der Waals surface area contributed by atoms with Crippen molar-refractivity contribution in [2.45, 2.75) is 51.4 Å². The van der Waals surface area contributed by atoms with Crippen LogP contribution in [-0.2, 0) is 20.7 Å². The summed E-state index contributed by atoms with van der Waals surface area (Å²) in [6.07, 6.45) is 0.848. The molecular formula is C21H24FN5O3S. The number of aromatic nitrogens is 4. The zero-order valence-corrected chi connectivity index (χ0v) is 18.8. The number of carbonyl (C=O) groups is 2. The van der Waals surface area contributed by atoms with Gasteiger partial charge in [0.1, 0.15) is 5.82 Å². The van der Waals surface area contributed by atoms with Crippen LogP contribution in [0, 0.1) is 19.7 Å². The first-order chi connectivity index (χ1) is 14.7. The van der Waals surface area contributed by atoms with Crippen molar-refractivity contribution in [3.8, 4) is 0 Å². The van der Waals surface area contributed by atoms with Gasteiger partial charge in [0.25, 0.3) is 11.7 Å². The van der Waals surface area contributed by atoms with E-state index in [1.54, 1.807) is 30.5 Å². The van der Waals surface area contributed by atoms with E-state index in [4.69, 9.17) is 4.74 Å². The van der Waals surface area contributed by atoms with Crippen molar-refractivity contribution in [1.29, 1.82) is 0 Å². The third-order valence-electron chi connectivity index (χ3n) is 4.94. The van der Waals surface area contributed by atoms with Crippen molar-refractivity contribution in [2.24, 2.45) is 0 Å². The normalized spacial score (nSPS) is 13.1. The summed E-state index contributed by atoms with van der Waals surface area (Å²) in [5.41, 5.74) is 2.83. The molecule has 0 aliphatic rings. The van der Waals surface area contributed by atoms with Gasteiger partial charge in [0, 0.05) is 17.0 Å². The number of benzene rings is 1. The van der Waals surface area contributed by atoms with Crippen molar-refractivity contribution in [3.63, 3.8) is 0 Å². The molecule has 0 fully saturated rings. The molecule has 0 aliphatic carbocycles. The molecule has 10 heteroatoms. The minimum atomic E-state index is -0.984. The van der Waals surface area contributed by atoms with Crippen LogP contribution in [0.2, 0.25) is 0 Å². The van der Waals surface area contributed by atoms with Crippen molar-refractivity contribution in [2.75, 3.05) is 6.26 Å². The fourth-order valence-corrected chi connectivity index (χ4v) is 3.47. The molecule has 2 atom stereocenters. The zero-order chi connectivity index (χ0) is 22.7. The first-order valence-corrected chi connectivity index (χ1v) is 10.9. The van der Waals surface area contributed by atoms with Crippen molar-refractivity contribution in [3.05, 3.63) is 52.6 Å². The summed E-state index contributed by atoms with van der Waals surface area (Å²) in [6, 6.07) is 5.49. The lowest BCUT2D eigenvalue weighted by molar-refractivity contribution is -0.154. The first-order valence-electron chi connectivity index (χ1n) is 9.71. The Morgan fingerprint density at radius 1 is 1.19 bits per heavy atom. The largest absolute Gasteiger partial charge is 0.452 e. The summed E-state index contributed by atoms with van der Waals surface area (Å²) in [5, 5.41) is 7.72. The summed E-state index contributed by atoms with van der Waals surface area (Å²) >= 11 is 1.41. The van der Waals surface area contributed by atoms with Crippen LogP contribution in [0.25, 0.3) is 5.78 Å².